The molecule has 0 amide bonds. The van der Waals surface area contributed by atoms with Crippen LogP contribution in [0.3, 0.4) is 0 Å². The fourth-order valence-electron chi connectivity index (χ4n) is 1.27. The molecule has 0 aromatic heterocycles. The molecule has 0 unspecified atom stereocenters. The maximum Gasteiger partial charge on any atom is 0.331 e. The number of nitro benzene ring substituents is 1. The quantitative estimate of drug-likeness (QED) is 0.365. The summed E-state index contributed by atoms with van der Waals surface area (Å²) in [5.41, 5.74) is -0.870. The molecule has 5 nitrogen and oxygen atoms in total. The van der Waals surface area contributed by atoms with E-state index < -0.39 is 28.0 Å². The number of hydrogen-bond donors (Lipinski definition) is 0. The molecule has 1 aromatic rings. The summed E-state index contributed by atoms with van der Waals surface area (Å²) in [4.78, 5) is 21.0. The average Bonchev–Trinajstić information content (AvgIpc) is 2.23. The Morgan fingerprint density at radius 3 is 2.53 bits per heavy atom. The molecule has 0 radical (unpaired) electrons. The van der Waals surface area contributed by atoms with Crippen molar-refractivity contribution >= 4 is 17.7 Å². The van der Waals surface area contributed by atoms with Crippen molar-refractivity contribution in [3.63, 3.8) is 0 Å². The Labute approximate surface area is 109 Å². The minimum atomic E-state index is -0.948. The van der Waals surface area contributed by atoms with E-state index in [1.54, 1.807) is 20.8 Å². The number of nitro groups is 1. The van der Waals surface area contributed by atoms with Gasteiger partial charge in [-0.05, 0) is 44.5 Å². The first-order chi connectivity index (χ1) is 8.69. The monoisotopic (exact) mass is 267 g/mol. The summed E-state index contributed by atoms with van der Waals surface area (Å²) in [5, 5.41) is 10.4. The molecule has 102 valence electrons. The predicted octanol–water partition coefficient (Wildman–Crippen LogP) is 3.09. The molecule has 0 bridgehead atoms. The van der Waals surface area contributed by atoms with Crippen LogP contribution in [-0.2, 0) is 9.53 Å². The van der Waals surface area contributed by atoms with Crippen LogP contribution in [0.1, 0.15) is 26.3 Å². The van der Waals surface area contributed by atoms with Crippen molar-refractivity contribution in [1.29, 1.82) is 0 Å². The molecule has 0 aliphatic heterocycles. The minimum absolute atomic E-state index is 0.342. The molecule has 0 atom stereocenters. The normalized spacial score (nSPS) is 11.6. The Kier molecular flexibility index (Phi) is 4.37. The molecule has 0 saturated heterocycles. The number of nitrogens with zero attached hydrogens (tertiary/aromatic N) is 1. The summed E-state index contributed by atoms with van der Waals surface area (Å²) < 4.78 is 18.3. The lowest BCUT2D eigenvalue weighted by molar-refractivity contribution is -0.387. The van der Waals surface area contributed by atoms with Crippen molar-refractivity contribution in [2.45, 2.75) is 26.4 Å². The molecule has 19 heavy (non-hydrogen) atoms. The van der Waals surface area contributed by atoms with Crippen LogP contribution < -0.4 is 0 Å². The van der Waals surface area contributed by atoms with Gasteiger partial charge in [-0.25, -0.2) is 4.79 Å². The van der Waals surface area contributed by atoms with Gasteiger partial charge in [0.15, 0.2) is 0 Å². The predicted molar refractivity (Wildman–Crippen MR) is 67.9 cm³/mol. The van der Waals surface area contributed by atoms with E-state index in [2.05, 4.69) is 0 Å². The van der Waals surface area contributed by atoms with Gasteiger partial charge in [0, 0.05) is 12.1 Å². The van der Waals surface area contributed by atoms with Crippen LogP contribution in [-0.4, -0.2) is 16.5 Å². The summed E-state index contributed by atoms with van der Waals surface area (Å²) in [6, 6.07) is 3.38. The second-order valence-corrected chi connectivity index (χ2v) is 4.83. The van der Waals surface area contributed by atoms with Gasteiger partial charge in [-0.2, -0.15) is 4.39 Å². The van der Waals surface area contributed by atoms with Gasteiger partial charge < -0.3 is 4.74 Å². The minimum Gasteiger partial charge on any atom is -0.457 e. The van der Waals surface area contributed by atoms with Crippen LogP contribution in [0.4, 0.5) is 10.1 Å². The third-order valence-electron chi connectivity index (χ3n) is 1.99. The second-order valence-electron chi connectivity index (χ2n) is 4.83. The lowest BCUT2D eigenvalue weighted by Gasteiger charge is -2.17. The zero-order chi connectivity index (χ0) is 14.6. The molecular formula is C13H14FNO4. The van der Waals surface area contributed by atoms with Crippen molar-refractivity contribution < 1.29 is 18.8 Å². The van der Waals surface area contributed by atoms with Crippen LogP contribution in [0.2, 0.25) is 0 Å². The highest BCUT2D eigenvalue weighted by atomic mass is 19.1. The van der Waals surface area contributed by atoms with E-state index in [4.69, 9.17) is 4.74 Å². The SMILES string of the molecule is CC(C)(C)OC(=O)C=Cc1ccc([N+](=O)[O-])c(F)c1. The summed E-state index contributed by atoms with van der Waals surface area (Å²) in [6.07, 6.45) is 2.48. The number of ether oxygens (including phenoxy) is 1. The zero-order valence-corrected chi connectivity index (χ0v) is 10.8. The van der Waals surface area contributed by atoms with E-state index in [1.165, 1.54) is 12.1 Å². The van der Waals surface area contributed by atoms with E-state index in [1.807, 2.05) is 0 Å². The highest BCUT2D eigenvalue weighted by Crippen LogP contribution is 2.18. The number of carbonyl (C=O) groups excluding carboxylic acids is 1. The number of esters is 1. The van der Waals surface area contributed by atoms with E-state index in [9.17, 15) is 19.3 Å². The molecule has 0 N–H and O–H groups in total. The summed E-state index contributed by atoms with van der Waals surface area (Å²) in [6.45, 7) is 5.18. The largest absolute Gasteiger partial charge is 0.457 e. The number of halogens is 1. The lowest BCUT2D eigenvalue weighted by Crippen LogP contribution is -2.22. The van der Waals surface area contributed by atoms with Crippen molar-refractivity contribution in [3.8, 4) is 0 Å². The van der Waals surface area contributed by atoms with Crippen molar-refractivity contribution in [3.05, 3.63) is 45.8 Å². The maximum absolute atomic E-state index is 13.3. The Bertz CT molecular complexity index is 532. The smallest absolute Gasteiger partial charge is 0.331 e. The molecule has 1 rings (SSSR count). The van der Waals surface area contributed by atoms with Crippen LogP contribution in [0.25, 0.3) is 6.08 Å². The standard InChI is InChI=1S/C13H14FNO4/c1-13(2,3)19-12(16)7-5-9-4-6-11(15(17)18)10(14)8-9/h4-8H,1-3H3. The Morgan fingerprint density at radius 2 is 2.05 bits per heavy atom. The van der Waals surface area contributed by atoms with Gasteiger partial charge >= 0.3 is 11.7 Å². The molecular weight excluding hydrogens is 253 g/mol. The van der Waals surface area contributed by atoms with Crippen LogP contribution in [0, 0.1) is 15.9 Å². The number of rotatable bonds is 3. The molecule has 6 heteroatoms. The topological polar surface area (TPSA) is 69.4 Å². The average molecular weight is 267 g/mol. The number of benzene rings is 1. The molecule has 0 aliphatic carbocycles. The van der Waals surface area contributed by atoms with Crippen molar-refractivity contribution in [1.82, 2.24) is 0 Å². The van der Waals surface area contributed by atoms with Gasteiger partial charge in [-0.15, -0.1) is 0 Å². The van der Waals surface area contributed by atoms with Gasteiger partial charge in [-0.1, -0.05) is 0 Å². The van der Waals surface area contributed by atoms with E-state index in [0.717, 1.165) is 18.2 Å². The summed E-state index contributed by atoms with van der Waals surface area (Å²) in [5.74, 6) is -1.51. The van der Waals surface area contributed by atoms with Gasteiger partial charge in [0.25, 0.3) is 0 Å². The van der Waals surface area contributed by atoms with Gasteiger partial charge in [0.1, 0.15) is 5.60 Å². The Balaban J connectivity index is 2.81. The highest BCUT2D eigenvalue weighted by molar-refractivity contribution is 5.87. The van der Waals surface area contributed by atoms with Gasteiger partial charge in [0.2, 0.25) is 5.82 Å². The summed E-state index contributed by atoms with van der Waals surface area (Å²) >= 11 is 0. The maximum atomic E-state index is 13.3. The third kappa shape index (κ3) is 4.87. The lowest BCUT2D eigenvalue weighted by atomic mass is 10.2. The first-order valence-corrected chi connectivity index (χ1v) is 5.54. The number of carbonyl (C=O) groups is 1. The van der Waals surface area contributed by atoms with Crippen LogP contribution in [0.5, 0.6) is 0 Å². The summed E-state index contributed by atoms with van der Waals surface area (Å²) in [7, 11) is 0. The van der Waals surface area contributed by atoms with Gasteiger partial charge in [0.05, 0.1) is 4.92 Å². The molecule has 1 aromatic carbocycles. The van der Waals surface area contributed by atoms with Crippen molar-refractivity contribution in [2.75, 3.05) is 0 Å². The Morgan fingerprint density at radius 1 is 1.42 bits per heavy atom. The van der Waals surface area contributed by atoms with E-state index in [-0.39, 0.29) is 0 Å². The second kappa shape index (κ2) is 5.60. The highest BCUT2D eigenvalue weighted by Gasteiger charge is 2.15. The first-order valence-electron chi connectivity index (χ1n) is 5.54. The molecule has 0 heterocycles. The Hall–Kier alpha value is -2.24. The van der Waals surface area contributed by atoms with E-state index >= 15 is 0 Å². The van der Waals surface area contributed by atoms with Crippen molar-refractivity contribution in [2.24, 2.45) is 0 Å². The van der Waals surface area contributed by atoms with Crippen LogP contribution in [0.15, 0.2) is 24.3 Å². The van der Waals surface area contributed by atoms with Crippen LogP contribution >= 0.6 is 0 Å². The fourth-order valence-corrected chi connectivity index (χ4v) is 1.27. The first kappa shape index (κ1) is 14.8. The molecule has 0 saturated carbocycles. The fraction of sp³-hybridized carbons (Fsp3) is 0.308. The zero-order valence-electron chi connectivity index (χ0n) is 10.8. The van der Waals surface area contributed by atoms with Gasteiger partial charge in [-0.3, -0.25) is 10.1 Å². The molecule has 0 spiro atoms. The third-order valence-corrected chi connectivity index (χ3v) is 1.99. The molecule has 0 aliphatic rings. The number of hydrogen-bond acceptors (Lipinski definition) is 4. The molecule has 0 fully saturated rings. The van der Waals surface area contributed by atoms with E-state index in [0.29, 0.717) is 5.56 Å².